The average molecular weight is 478 g/mol. The molecule has 0 aliphatic carbocycles. The largest absolute Gasteiger partial charge is 0.365 e. The van der Waals surface area contributed by atoms with Crippen molar-refractivity contribution in [1.82, 2.24) is 14.5 Å². The molecule has 1 aliphatic heterocycles. The number of aryl methyl sites for hydroxylation is 1. The van der Waals surface area contributed by atoms with E-state index in [1.165, 1.54) is 11.3 Å². The molecule has 0 bridgehead atoms. The third-order valence-corrected chi connectivity index (χ3v) is 6.75. The molecule has 7 nitrogen and oxygen atoms in total. The van der Waals surface area contributed by atoms with E-state index < -0.39 is 0 Å². The number of nitriles is 1. The van der Waals surface area contributed by atoms with E-state index in [4.69, 9.17) is 4.98 Å². The summed E-state index contributed by atoms with van der Waals surface area (Å²) in [4.78, 5) is 33.9. The fourth-order valence-electron chi connectivity index (χ4n) is 4.99. The van der Waals surface area contributed by atoms with Crippen LogP contribution in [0.4, 0.5) is 5.69 Å². The van der Waals surface area contributed by atoms with Gasteiger partial charge in [-0.15, -0.1) is 0 Å². The van der Waals surface area contributed by atoms with Crippen molar-refractivity contribution in [2.75, 3.05) is 24.5 Å². The number of fused-ring (bicyclic) bond motifs is 1. The summed E-state index contributed by atoms with van der Waals surface area (Å²) in [6, 6.07) is 23.4. The van der Waals surface area contributed by atoms with Gasteiger partial charge in [0, 0.05) is 42.5 Å². The summed E-state index contributed by atoms with van der Waals surface area (Å²) in [5.41, 5.74) is 5.67. The second-order valence-corrected chi connectivity index (χ2v) is 9.24. The summed E-state index contributed by atoms with van der Waals surface area (Å²) in [6.07, 6.45) is 0.826. The zero-order valence-corrected chi connectivity index (χ0v) is 20.4. The van der Waals surface area contributed by atoms with Gasteiger partial charge in [0.1, 0.15) is 12.1 Å². The molecule has 1 fully saturated rings. The second kappa shape index (κ2) is 9.67. The number of carbonyl (C=O) groups is 2. The van der Waals surface area contributed by atoms with Gasteiger partial charge in [0.15, 0.2) is 0 Å². The molecule has 36 heavy (non-hydrogen) atoms. The molecule has 1 saturated heterocycles. The van der Waals surface area contributed by atoms with E-state index in [-0.39, 0.29) is 18.5 Å². The maximum Gasteiger partial charge on any atom is 0.254 e. The molecule has 1 amide bonds. The number of carbonyl (C=O) groups excluding carboxylic acids is 2. The number of aromatic nitrogens is 2. The van der Waals surface area contributed by atoms with Gasteiger partial charge in [-0.3, -0.25) is 4.79 Å². The molecule has 180 valence electrons. The van der Waals surface area contributed by atoms with Crippen molar-refractivity contribution in [2.45, 2.75) is 26.4 Å². The van der Waals surface area contributed by atoms with Crippen LogP contribution in [0, 0.1) is 18.3 Å². The topological polar surface area (TPSA) is 82.2 Å². The van der Waals surface area contributed by atoms with Gasteiger partial charge in [-0.05, 0) is 61.9 Å². The quantitative estimate of drug-likeness (QED) is 0.397. The molecule has 1 atom stereocenters. The molecule has 7 heteroatoms. The number of imidazole rings is 1. The summed E-state index contributed by atoms with van der Waals surface area (Å²) in [6.45, 7) is 6.41. The highest BCUT2D eigenvalue weighted by molar-refractivity contribution is 5.98. The minimum Gasteiger partial charge on any atom is -0.365 e. The normalized spacial score (nSPS) is 15.6. The first-order valence-corrected chi connectivity index (χ1v) is 12.1. The fourth-order valence-corrected chi connectivity index (χ4v) is 4.99. The van der Waals surface area contributed by atoms with Crippen LogP contribution in [0.15, 0.2) is 66.7 Å². The number of aldehydes is 1. The summed E-state index contributed by atoms with van der Waals surface area (Å²) >= 11 is 0. The van der Waals surface area contributed by atoms with Crippen LogP contribution in [0.3, 0.4) is 0 Å². The maximum atomic E-state index is 13.4. The van der Waals surface area contributed by atoms with E-state index >= 15 is 0 Å². The highest BCUT2D eigenvalue weighted by Gasteiger charge is 2.28. The second-order valence-electron chi connectivity index (χ2n) is 9.24. The highest BCUT2D eigenvalue weighted by Crippen LogP contribution is 2.27. The van der Waals surface area contributed by atoms with Gasteiger partial charge >= 0.3 is 0 Å². The SMILES string of the molecule is Cc1cccc(N2CCN(C(=O)c3ccc4c(c3)nc(-c3cccc(C#N)c3)n4CC=O)CC2C)c1. The Balaban J connectivity index is 1.42. The van der Waals surface area contributed by atoms with Crippen LogP contribution >= 0.6 is 0 Å². The Kier molecular flexibility index (Phi) is 6.26. The van der Waals surface area contributed by atoms with Crippen molar-refractivity contribution in [2.24, 2.45) is 0 Å². The molecule has 0 N–H and O–H groups in total. The Hall–Kier alpha value is -4.44. The predicted octanol–water partition coefficient (Wildman–Crippen LogP) is 4.43. The number of piperazine rings is 1. The molecule has 1 aromatic heterocycles. The number of hydrogen-bond donors (Lipinski definition) is 0. The molecular weight excluding hydrogens is 450 g/mol. The third-order valence-electron chi connectivity index (χ3n) is 6.75. The van der Waals surface area contributed by atoms with Gasteiger partial charge in [0.2, 0.25) is 0 Å². The summed E-state index contributed by atoms with van der Waals surface area (Å²) in [5.74, 6) is 0.574. The number of rotatable bonds is 5. The zero-order chi connectivity index (χ0) is 25.2. The lowest BCUT2D eigenvalue weighted by Gasteiger charge is -2.41. The van der Waals surface area contributed by atoms with Gasteiger partial charge in [0.25, 0.3) is 5.91 Å². The van der Waals surface area contributed by atoms with Crippen LogP contribution in [-0.4, -0.2) is 52.3 Å². The van der Waals surface area contributed by atoms with E-state index in [1.54, 1.807) is 30.3 Å². The van der Waals surface area contributed by atoms with E-state index in [9.17, 15) is 14.9 Å². The van der Waals surface area contributed by atoms with Crippen LogP contribution < -0.4 is 4.90 Å². The first kappa shape index (κ1) is 23.3. The smallest absolute Gasteiger partial charge is 0.254 e. The van der Waals surface area contributed by atoms with Crippen LogP contribution in [0.5, 0.6) is 0 Å². The Bertz CT molecular complexity index is 1500. The van der Waals surface area contributed by atoms with Crippen LogP contribution in [0.25, 0.3) is 22.4 Å². The Labute approximate surface area is 210 Å². The third kappa shape index (κ3) is 4.34. The fraction of sp³-hybridized carbons (Fsp3) is 0.241. The Morgan fingerprint density at radius 1 is 1.11 bits per heavy atom. The molecule has 1 aliphatic rings. The summed E-state index contributed by atoms with van der Waals surface area (Å²) < 4.78 is 1.82. The number of amides is 1. The van der Waals surface area contributed by atoms with E-state index in [0.29, 0.717) is 35.6 Å². The molecule has 3 aromatic carbocycles. The zero-order valence-electron chi connectivity index (χ0n) is 20.4. The average Bonchev–Trinajstić information content (AvgIpc) is 3.26. The standard InChI is InChI=1S/C29H27N5O2/c1-20-5-3-8-25(15-20)33-12-11-32(19-21(33)2)29(36)24-9-10-27-26(17-24)31-28(34(27)13-14-35)23-7-4-6-22(16-23)18-30/h3-10,14-17,21H,11-13,19H2,1-2H3. The number of benzene rings is 3. The van der Waals surface area contributed by atoms with Crippen molar-refractivity contribution in [3.63, 3.8) is 0 Å². The lowest BCUT2D eigenvalue weighted by Crippen LogP contribution is -2.53. The summed E-state index contributed by atoms with van der Waals surface area (Å²) in [7, 11) is 0. The molecule has 0 radical (unpaired) electrons. The van der Waals surface area contributed by atoms with Crippen LogP contribution in [0.1, 0.15) is 28.4 Å². The number of nitrogens with zero attached hydrogens (tertiary/aromatic N) is 5. The van der Waals surface area contributed by atoms with Crippen LogP contribution in [0.2, 0.25) is 0 Å². The minimum atomic E-state index is -0.0226. The molecule has 0 saturated carbocycles. The van der Waals surface area contributed by atoms with E-state index in [1.807, 2.05) is 21.6 Å². The maximum absolute atomic E-state index is 13.4. The number of anilines is 1. The molecule has 2 heterocycles. The predicted molar refractivity (Wildman–Crippen MR) is 140 cm³/mol. The first-order valence-electron chi connectivity index (χ1n) is 12.1. The van der Waals surface area contributed by atoms with Crippen molar-refractivity contribution < 1.29 is 9.59 Å². The molecule has 5 rings (SSSR count). The lowest BCUT2D eigenvalue weighted by molar-refractivity contribution is -0.108. The number of hydrogen-bond acceptors (Lipinski definition) is 5. The first-order chi connectivity index (χ1) is 17.5. The van der Waals surface area contributed by atoms with Gasteiger partial charge in [-0.2, -0.15) is 5.26 Å². The summed E-state index contributed by atoms with van der Waals surface area (Å²) in [5, 5.41) is 9.28. The van der Waals surface area contributed by atoms with Crippen molar-refractivity contribution in [1.29, 1.82) is 5.26 Å². The molecular formula is C29H27N5O2. The molecule has 4 aromatic rings. The Morgan fingerprint density at radius 2 is 1.94 bits per heavy atom. The van der Waals surface area contributed by atoms with Crippen molar-refractivity contribution in [3.8, 4) is 17.5 Å². The monoisotopic (exact) mass is 477 g/mol. The van der Waals surface area contributed by atoms with Gasteiger partial charge < -0.3 is 19.2 Å². The Morgan fingerprint density at radius 3 is 2.69 bits per heavy atom. The van der Waals surface area contributed by atoms with Gasteiger partial charge in [-0.25, -0.2) is 4.98 Å². The van der Waals surface area contributed by atoms with E-state index in [2.05, 4.69) is 49.1 Å². The van der Waals surface area contributed by atoms with Crippen molar-refractivity contribution in [3.05, 3.63) is 83.4 Å². The van der Waals surface area contributed by atoms with E-state index in [0.717, 1.165) is 23.9 Å². The molecule has 0 spiro atoms. The van der Waals surface area contributed by atoms with Crippen LogP contribution in [-0.2, 0) is 11.3 Å². The minimum absolute atomic E-state index is 0.0226. The van der Waals surface area contributed by atoms with Gasteiger partial charge in [-0.1, -0.05) is 24.3 Å². The molecule has 1 unspecified atom stereocenters. The highest BCUT2D eigenvalue weighted by atomic mass is 16.2. The van der Waals surface area contributed by atoms with Gasteiger partial charge in [0.05, 0.1) is 29.2 Å². The van der Waals surface area contributed by atoms with Crippen molar-refractivity contribution >= 4 is 28.9 Å². The lowest BCUT2D eigenvalue weighted by atomic mass is 10.1.